The number of hydrogen-bond acceptors (Lipinski definition) is 6. The summed E-state index contributed by atoms with van der Waals surface area (Å²) in [6.45, 7) is -0.399. The monoisotopic (exact) mass is 253 g/mol. The van der Waals surface area contributed by atoms with Crippen LogP contribution in [0, 0.1) is 10.1 Å². The van der Waals surface area contributed by atoms with E-state index in [1.54, 1.807) is 0 Å². The Morgan fingerprint density at radius 1 is 1.59 bits per heavy atom. The van der Waals surface area contributed by atoms with Crippen LogP contribution >= 0.6 is 0 Å². The molecule has 0 fully saturated rings. The molecule has 0 bridgehead atoms. The molecule has 0 saturated heterocycles. The Kier molecular flexibility index (Phi) is 3.36. The molecule has 0 aromatic carbocycles. The van der Waals surface area contributed by atoms with Crippen molar-refractivity contribution in [3.8, 4) is 11.6 Å². The Morgan fingerprint density at radius 3 is 2.59 bits per heavy atom. The molecule has 0 aliphatic rings. The standard InChI is InChI=1S/C7H6F3N3O4/c8-7(9,10)17-6-5(14)3(2-11)1-4(12-6)13(15)16/h1,14H,2,11H2. The first-order valence-electron chi connectivity index (χ1n) is 4.07. The van der Waals surface area contributed by atoms with Crippen LogP contribution in [0.2, 0.25) is 0 Å². The van der Waals surface area contributed by atoms with Gasteiger partial charge in [0.15, 0.2) is 0 Å². The molecule has 0 amide bonds. The maximum atomic E-state index is 11.9. The van der Waals surface area contributed by atoms with Gasteiger partial charge in [-0.2, -0.15) is 0 Å². The summed E-state index contributed by atoms with van der Waals surface area (Å²) in [6, 6.07) is 0.762. The van der Waals surface area contributed by atoms with Gasteiger partial charge in [0.1, 0.15) is 0 Å². The molecular formula is C7H6F3N3O4. The van der Waals surface area contributed by atoms with Crippen LogP contribution in [0.1, 0.15) is 5.56 Å². The highest BCUT2D eigenvalue weighted by molar-refractivity contribution is 5.45. The summed E-state index contributed by atoms with van der Waals surface area (Å²) in [5.41, 5.74) is 4.83. The largest absolute Gasteiger partial charge is 0.575 e. The van der Waals surface area contributed by atoms with Crippen LogP contribution in [0.25, 0.3) is 0 Å². The first-order valence-corrected chi connectivity index (χ1v) is 4.07. The molecule has 3 N–H and O–H groups in total. The van der Waals surface area contributed by atoms with Crippen molar-refractivity contribution in [2.45, 2.75) is 12.9 Å². The van der Waals surface area contributed by atoms with Gasteiger partial charge in [0.2, 0.25) is 5.75 Å². The van der Waals surface area contributed by atoms with Gasteiger partial charge in [-0.25, -0.2) is 0 Å². The molecule has 0 unspecified atom stereocenters. The summed E-state index contributed by atoms with van der Waals surface area (Å²) >= 11 is 0. The van der Waals surface area contributed by atoms with Crippen molar-refractivity contribution >= 4 is 5.82 Å². The summed E-state index contributed by atoms with van der Waals surface area (Å²) < 4.78 is 39.1. The second-order valence-electron chi connectivity index (χ2n) is 2.80. The second kappa shape index (κ2) is 4.41. The van der Waals surface area contributed by atoms with Gasteiger partial charge in [-0.1, -0.05) is 0 Å². The predicted octanol–water partition coefficient (Wildman–Crippen LogP) is 1.05. The lowest BCUT2D eigenvalue weighted by Gasteiger charge is -2.08. The number of halogens is 3. The molecule has 0 spiro atoms. The number of nitrogens with zero attached hydrogens (tertiary/aromatic N) is 2. The molecule has 17 heavy (non-hydrogen) atoms. The summed E-state index contributed by atoms with van der Waals surface area (Å²) in [6.07, 6.45) is -5.12. The van der Waals surface area contributed by atoms with Gasteiger partial charge in [-0.05, 0) is 4.92 Å². The molecule has 0 atom stereocenters. The average Bonchev–Trinajstić information content (AvgIpc) is 2.18. The zero-order valence-electron chi connectivity index (χ0n) is 8.06. The Balaban J connectivity index is 3.28. The molecule has 0 radical (unpaired) electrons. The summed E-state index contributed by atoms with van der Waals surface area (Å²) in [7, 11) is 0. The van der Waals surface area contributed by atoms with Gasteiger partial charge in [0.25, 0.3) is 0 Å². The number of nitrogens with two attached hydrogens (primary N) is 1. The maximum absolute atomic E-state index is 11.9. The number of rotatable bonds is 3. The molecule has 0 saturated carbocycles. The molecule has 1 aromatic heterocycles. The summed E-state index contributed by atoms with van der Waals surface area (Å²) in [4.78, 5) is 12.3. The first-order chi connectivity index (χ1) is 7.74. The molecule has 94 valence electrons. The minimum atomic E-state index is -5.12. The SMILES string of the molecule is NCc1cc([N+](=O)[O-])nc(OC(F)(F)F)c1O. The highest BCUT2D eigenvalue weighted by atomic mass is 19.4. The lowest BCUT2D eigenvalue weighted by atomic mass is 10.2. The molecule has 0 aliphatic carbocycles. The van der Waals surface area contributed by atoms with Crippen molar-refractivity contribution in [3.63, 3.8) is 0 Å². The number of alkyl halides is 3. The van der Waals surface area contributed by atoms with Gasteiger partial charge in [-0.3, -0.25) is 0 Å². The van der Waals surface area contributed by atoms with Crippen molar-refractivity contribution in [2.75, 3.05) is 0 Å². The predicted molar refractivity (Wildman–Crippen MR) is 47.1 cm³/mol. The van der Waals surface area contributed by atoms with E-state index in [0.29, 0.717) is 0 Å². The zero-order chi connectivity index (χ0) is 13.2. The quantitative estimate of drug-likeness (QED) is 0.615. The van der Waals surface area contributed by atoms with Crippen LogP contribution < -0.4 is 10.5 Å². The Morgan fingerprint density at radius 2 is 2.18 bits per heavy atom. The number of ether oxygens (including phenoxy) is 1. The topological polar surface area (TPSA) is 112 Å². The van der Waals surface area contributed by atoms with Crippen LogP contribution in [0.3, 0.4) is 0 Å². The van der Waals surface area contributed by atoms with E-state index in [9.17, 15) is 28.4 Å². The summed E-state index contributed by atoms with van der Waals surface area (Å²) in [5.74, 6) is -3.18. The Bertz CT molecular complexity index is 449. The Labute approximate surface area is 91.8 Å². The number of aromatic hydroxyl groups is 1. The summed E-state index contributed by atoms with van der Waals surface area (Å²) in [5, 5.41) is 19.7. The lowest BCUT2D eigenvalue weighted by molar-refractivity contribution is -0.390. The molecule has 1 aromatic rings. The van der Waals surface area contributed by atoms with Gasteiger partial charge in [0, 0.05) is 23.2 Å². The molecule has 0 aliphatic heterocycles. The third-order valence-electron chi connectivity index (χ3n) is 1.65. The van der Waals surface area contributed by atoms with Crippen molar-refractivity contribution in [3.05, 3.63) is 21.7 Å². The minimum Gasteiger partial charge on any atom is -0.501 e. The fourth-order valence-corrected chi connectivity index (χ4v) is 0.981. The van der Waals surface area contributed by atoms with E-state index in [1.807, 2.05) is 0 Å². The van der Waals surface area contributed by atoms with Crippen LogP contribution in [0.5, 0.6) is 11.6 Å². The van der Waals surface area contributed by atoms with E-state index in [2.05, 4.69) is 9.72 Å². The Hall–Kier alpha value is -2.10. The van der Waals surface area contributed by atoms with Gasteiger partial charge in [0.05, 0.1) is 0 Å². The van der Waals surface area contributed by atoms with E-state index >= 15 is 0 Å². The number of aromatic nitrogens is 1. The van der Waals surface area contributed by atoms with E-state index in [0.717, 1.165) is 6.07 Å². The minimum absolute atomic E-state index is 0.272. The van der Waals surface area contributed by atoms with E-state index in [-0.39, 0.29) is 5.56 Å². The third kappa shape index (κ3) is 3.17. The van der Waals surface area contributed by atoms with Crippen molar-refractivity contribution in [1.82, 2.24) is 4.98 Å². The van der Waals surface area contributed by atoms with Gasteiger partial charge in [-0.15, -0.1) is 13.2 Å². The van der Waals surface area contributed by atoms with Crippen molar-refractivity contribution < 1.29 is 27.9 Å². The fraction of sp³-hybridized carbons (Fsp3) is 0.286. The number of pyridine rings is 1. The van der Waals surface area contributed by atoms with E-state index < -0.39 is 35.3 Å². The van der Waals surface area contributed by atoms with Crippen LogP contribution in [-0.2, 0) is 6.54 Å². The van der Waals surface area contributed by atoms with Crippen LogP contribution in [0.15, 0.2) is 6.07 Å². The smallest absolute Gasteiger partial charge is 0.501 e. The molecular weight excluding hydrogens is 247 g/mol. The fourth-order valence-electron chi connectivity index (χ4n) is 0.981. The molecule has 1 heterocycles. The number of hydrogen-bond donors (Lipinski definition) is 2. The van der Waals surface area contributed by atoms with Crippen LogP contribution in [-0.4, -0.2) is 21.4 Å². The molecule has 10 heteroatoms. The average molecular weight is 253 g/mol. The van der Waals surface area contributed by atoms with Crippen LogP contribution in [0.4, 0.5) is 19.0 Å². The van der Waals surface area contributed by atoms with Crippen molar-refractivity contribution in [2.24, 2.45) is 5.73 Å². The number of nitro groups is 1. The molecule has 1 rings (SSSR count). The third-order valence-corrected chi connectivity index (χ3v) is 1.65. The first kappa shape index (κ1) is 13.0. The van der Waals surface area contributed by atoms with E-state index in [1.165, 1.54) is 0 Å². The van der Waals surface area contributed by atoms with Gasteiger partial charge >= 0.3 is 18.1 Å². The normalized spacial score (nSPS) is 11.3. The highest BCUT2D eigenvalue weighted by Crippen LogP contribution is 2.34. The maximum Gasteiger partial charge on any atom is 0.575 e. The van der Waals surface area contributed by atoms with Gasteiger partial charge < -0.3 is 25.7 Å². The molecule has 7 nitrogen and oxygen atoms in total. The van der Waals surface area contributed by atoms with E-state index in [4.69, 9.17) is 5.73 Å². The second-order valence-corrected chi connectivity index (χ2v) is 2.80. The highest BCUT2D eigenvalue weighted by Gasteiger charge is 2.36. The van der Waals surface area contributed by atoms with Crippen molar-refractivity contribution in [1.29, 1.82) is 0 Å². The lowest BCUT2D eigenvalue weighted by Crippen LogP contribution is -2.18. The zero-order valence-corrected chi connectivity index (χ0v) is 8.06.